The van der Waals surface area contributed by atoms with Crippen molar-refractivity contribution in [3.63, 3.8) is 0 Å². The average molecular weight is 558 g/mol. The number of hydrogen-bond acceptors (Lipinski definition) is 8. The number of oxazole rings is 1. The molecule has 2 N–H and O–H groups in total. The van der Waals surface area contributed by atoms with Gasteiger partial charge in [-0.1, -0.05) is 20.8 Å². The molecule has 0 aliphatic carbocycles. The summed E-state index contributed by atoms with van der Waals surface area (Å²) in [5.74, 6) is -2.60. The molecule has 1 aromatic carbocycles. The minimum atomic E-state index is -3.12. The number of carbonyl (C=O) groups is 1. The lowest BCUT2D eigenvalue weighted by atomic mass is 10.1. The maximum atomic E-state index is 14.0. The van der Waals surface area contributed by atoms with Crippen molar-refractivity contribution >= 4 is 28.1 Å². The third-order valence-electron chi connectivity index (χ3n) is 6.48. The number of fused-ring (bicyclic) bond motifs is 2. The van der Waals surface area contributed by atoms with E-state index in [0.29, 0.717) is 48.4 Å². The van der Waals surface area contributed by atoms with Crippen LogP contribution in [0.1, 0.15) is 77.7 Å². The van der Waals surface area contributed by atoms with Crippen LogP contribution in [0.15, 0.2) is 28.7 Å². The highest BCUT2D eigenvalue weighted by molar-refractivity contribution is 7.11. The molecule has 0 saturated carbocycles. The van der Waals surface area contributed by atoms with E-state index in [9.17, 15) is 13.6 Å². The highest BCUT2D eigenvalue weighted by Gasteiger charge is 2.32. The largest absolute Gasteiger partial charge is 0.494 e. The van der Waals surface area contributed by atoms with Crippen molar-refractivity contribution < 1.29 is 22.7 Å². The van der Waals surface area contributed by atoms with Crippen LogP contribution in [0.2, 0.25) is 0 Å². The molecule has 3 aromatic heterocycles. The first kappa shape index (κ1) is 28.6. The molecule has 1 aliphatic heterocycles. The molecule has 4 aromatic rings. The van der Waals surface area contributed by atoms with Crippen LogP contribution < -0.4 is 10.5 Å². The van der Waals surface area contributed by atoms with Gasteiger partial charge < -0.3 is 19.8 Å². The van der Waals surface area contributed by atoms with Crippen molar-refractivity contribution in [2.75, 3.05) is 13.7 Å². The Kier molecular flexibility index (Phi) is 8.31. The Balaban J connectivity index is 0.00000172. The number of aromatic nitrogens is 3. The fourth-order valence-corrected chi connectivity index (χ4v) is 5.47. The number of rotatable bonds is 6. The second-order valence-corrected chi connectivity index (χ2v) is 10.4. The molecule has 11 heteroatoms. The summed E-state index contributed by atoms with van der Waals surface area (Å²) in [5, 5.41) is 1.48. The van der Waals surface area contributed by atoms with Crippen LogP contribution in [0.25, 0.3) is 22.4 Å². The van der Waals surface area contributed by atoms with E-state index in [1.54, 1.807) is 28.4 Å². The van der Waals surface area contributed by atoms with Gasteiger partial charge in [-0.2, -0.15) is 8.78 Å². The summed E-state index contributed by atoms with van der Waals surface area (Å²) < 4.78 is 39.5. The number of alkyl halides is 2. The quantitative estimate of drug-likeness (QED) is 0.292. The summed E-state index contributed by atoms with van der Waals surface area (Å²) in [7, 11) is 1.45. The van der Waals surface area contributed by atoms with Gasteiger partial charge in [0.2, 0.25) is 5.89 Å². The van der Waals surface area contributed by atoms with Gasteiger partial charge in [0.05, 0.1) is 30.4 Å². The molecule has 5 rings (SSSR count). The second kappa shape index (κ2) is 11.4. The first-order valence-corrected chi connectivity index (χ1v) is 13.8. The lowest BCUT2D eigenvalue weighted by Gasteiger charge is -2.25. The lowest BCUT2D eigenvalue weighted by molar-refractivity contribution is 0.0131. The molecular weight excluding hydrogens is 524 g/mol. The summed E-state index contributed by atoms with van der Waals surface area (Å²) in [6.45, 7) is 9.61. The van der Waals surface area contributed by atoms with Gasteiger partial charge >= 0.3 is 0 Å². The van der Waals surface area contributed by atoms with Crippen molar-refractivity contribution in [1.82, 2.24) is 19.9 Å². The highest BCUT2D eigenvalue weighted by atomic mass is 32.1. The molecule has 0 spiro atoms. The van der Waals surface area contributed by atoms with Crippen molar-refractivity contribution in [2.24, 2.45) is 5.73 Å². The number of carbonyl (C=O) groups excluding carboxylic acids is 1. The summed E-state index contributed by atoms with van der Waals surface area (Å²) in [6, 6.07) is 5.59. The minimum Gasteiger partial charge on any atom is -0.494 e. The third-order valence-corrected chi connectivity index (χ3v) is 7.48. The van der Waals surface area contributed by atoms with Gasteiger partial charge in [-0.15, -0.1) is 11.3 Å². The van der Waals surface area contributed by atoms with Crippen LogP contribution in [-0.4, -0.2) is 39.4 Å². The smallest absolute Gasteiger partial charge is 0.286 e. The maximum Gasteiger partial charge on any atom is 0.286 e. The Morgan fingerprint density at radius 3 is 2.64 bits per heavy atom. The average Bonchev–Trinajstić information content (AvgIpc) is 3.54. The van der Waals surface area contributed by atoms with Gasteiger partial charge in [-0.05, 0) is 37.6 Å². The number of ether oxygens (including phenoxy) is 1. The lowest BCUT2D eigenvalue weighted by Crippen LogP contribution is -2.36. The van der Waals surface area contributed by atoms with E-state index in [2.05, 4.69) is 15.0 Å². The van der Waals surface area contributed by atoms with Crippen molar-refractivity contribution in [1.29, 1.82) is 0 Å². The molecule has 0 bridgehead atoms. The molecule has 1 aliphatic rings. The van der Waals surface area contributed by atoms with E-state index < -0.39 is 12.0 Å². The monoisotopic (exact) mass is 557 g/mol. The topological polar surface area (TPSA) is 107 Å². The maximum absolute atomic E-state index is 14.0. The number of amides is 1. The number of pyridine rings is 1. The zero-order chi connectivity index (χ0) is 28.5. The van der Waals surface area contributed by atoms with Gasteiger partial charge in [0.25, 0.3) is 11.8 Å². The normalized spacial score (nSPS) is 14.0. The number of thiazole rings is 1. The number of methoxy groups -OCH3 is 1. The fraction of sp³-hybridized carbons (Fsp3) is 0.429. The number of halogens is 2. The first-order chi connectivity index (χ1) is 18.6. The van der Waals surface area contributed by atoms with Gasteiger partial charge in [-0.25, -0.2) is 15.0 Å². The molecule has 0 unspecified atom stereocenters. The van der Waals surface area contributed by atoms with Crippen LogP contribution in [0.4, 0.5) is 8.78 Å². The Morgan fingerprint density at radius 2 is 1.97 bits per heavy atom. The van der Waals surface area contributed by atoms with E-state index in [1.165, 1.54) is 19.2 Å². The van der Waals surface area contributed by atoms with Crippen molar-refractivity contribution in [2.45, 2.75) is 66.0 Å². The van der Waals surface area contributed by atoms with Gasteiger partial charge in [0.15, 0.2) is 11.5 Å². The Hall–Kier alpha value is -3.44. The van der Waals surface area contributed by atoms with Crippen LogP contribution >= 0.6 is 11.3 Å². The summed E-state index contributed by atoms with van der Waals surface area (Å²) in [5.41, 5.74) is 7.88. The standard InChI is InChI=1S/C26H27F2N5O3S.C2H6/c1-5-16(29)23-22(25(34)33-11-10-17-19(12-33)37-13(2)30-17)32-24(36-23)15-6-8-18(35-4)21-14(15)7-9-20(31-21)26(3,27)28;1-2/h6-9,16H,5,10-12,29H2,1-4H3;1-2H3/t16-;/m0./s1. The highest BCUT2D eigenvalue weighted by Crippen LogP contribution is 2.37. The van der Waals surface area contributed by atoms with Gasteiger partial charge in [0.1, 0.15) is 17.0 Å². The van der Waals surface area contributed by atoms with Crippen molar-refractivity contribution in [3.8, 4) is 17.2 Å². The molecule has 1 amide bonds. The van der Waals surface area contributed by atoms with Crippen LogP contribution in [0.3, 0.4) is 0 Å². The zero-order valence-electron chi connectivity index (χ0n) is 23.0. The van der Waals surface area contributed by atoms with E-state index in [4.69, 9.17) is 14.9 Å². The summed E-state index contributed by atoms with van der Waals surface area (Å²) in [6.07, 6.45) is 1.21. The molecule has 39 heavy (non-hydrogen) atoms. The summed E-state index contributed by atoms with van der Waals surface area (Å²) >= 11 is 1.59. The zero-order valence-corrected chi connectivity index (χ0v) is 23.8. The van der Waals surface area contributed by atoms with Crippen molar-refractivity contribution in [3.05, 3.63) is 57.0 Å². The molecule has 0 saturated heterocycles. The van der Waals surface area contributed by atoms with Crippen LogP contribution in [-0.2, 0) is 18.9 Å². The molecule has 4 heterocycles. The Morgan fingerprint density at radius 1 is 1.23 bits per heavy atom. The first-order valence-electron chi connectivity index (χ1n) is 13.0. The Labute approximate surface area is 230 Å². The van der Waals surface area contributed by atoms with Crippen LogP contribution in [0.5, 0.6) is 5.75 Å². The fourth-order valence-electron chi connectivity index (χ4n) is 4.47. The van der Waals surface area contributed by atoms with E-state index in [0.717, 1.165) is 22.5 Å². The summed E-state index contributed by atoms with van der Waals surface area (Å²) in [4.78, 5) is 29.7. The predicted molar refractivity (Wildman–Crippen MR) is 147 cm³/mol. The van der Waals surface area contributed by atoms with Gasteiger partial charge in [0, 0.05) is 35.7 Å². The predicted octanol–water partition coefficient (Wildman–Crippen LogP) is 6.41. The molecule has 0 radical (unpaired) electrons. The number of hydrogen-bond donors (Lipinski definition) is 1. The third kappa shape index (κ3) is 5.51. The molecule has 0 fully saturated rings. The SMILES string of the molecule is CC.CC[C@H](N)c1oc(-c2ccc(OC)c3nc(C(C)(F)F)ccc23)nc1C(=O)N1CCc2nc(C)sc2C1. The minimum absolute atomic E-state index is 0.155. The molecule has 1 atom stereocenters. The number of nitrogens with two attached hydrogens (primary N) is 1. The van der Waals surface area contributed by atoms with Crippen LogP contribution in [0, 0.1) is 6.92 Å². The van der Waals surface area contributed by atoms with E-state index >= 15 is 0 Å². The number of aryl methyl sites for hydroxylation is 1. The molecular formula is C28H33F2N5O3S. The Bertz CT molecular complexity index is 1490. The second-order valence-electron chi connectivity index (χ2n) is 9.12. The van der Waals surface area contributed by atoms with E-state index in [-0.39, 0.29) is 28.7 Å². The number of benzene rings is 1. The van der Waals surface area contributed by atoms with E-state index in [1.807, 2.05) is 27.7 Å². The van der Waals surface area contributed by atoms with Gasteiger partial charge in [-0.3, -0.25) is 4.79 Å². The molecule has 208 valence electrons. The number of nitrogens with zero attached hydrogens (tertiary/aromatic N) is 4. The molecule has 8 nitrogen and oxygen atoms in total.